The molecule has 22 heavy (non-hydrogen) atoms. The highest BCUT2D eigenvalue weighted by Crippen LogP contribution is 2.20. The number of nitrogens with one attached hydrogen (secondary N) is 1. The lowest BCUT2D eigenvalue weighted by molar-refractivity contribution is 0.163. The lowest BCUT2D eigenvalue weighted by Gasteiger charge is -2.32. The number of urea groups is 1. The number of nitrogens with zero attached hydrogens (tertiary/aromatic N) is 1. The monoisotopic (exact) mass is 306 g/mol. The zero-order chi connectivity index (χ0) is 15.8. The summed E-state index contributed by atoms with van der Waals surface area (Å²) in [5.74, 6) is 1.33. The molecule has 1 saturated heterocycles. The summed E-state index contributed by atoms with van der Waals surface area (Å²) in [5, 5.41) is 11.8. The summed E-state index contributed by atoms with van der Waals surface area (Å²) in [4.78, 5) is 14.2. The summed E-state index contributed by atoms with van der Waals surface area (Å²) in [5.41, 5.74) is 0.924. The molecule has 2 amide bonds. The summed E-state index contributed by atoms with van der Waals surface area (Å²) in [6.07, 6.45) is 3.43. The molecule has 0 bridgehead atoms. The molecule has 5 nitrogen and oxygen atoms in total. The van der Waals surface area contributed by atoms with Crippen LogP contribution in [0.25, 0.3) is 0 Å². The Labute approximate surface area is 132 Å². The minimum atomic E-state index is -0.0210. The summed E-state index contributed by atoms with van der Waals surface area (Å²) >= 11 is 0. The number of rotatable bonds is 6. The normalized spacial score (nSPS) is 18.1. The average molecular weight is 306 g/mol. The first-order chi connectivity index (χ1) is 10.7. The number of hydrogen-bond acceptors (Lipinski definition) is 3. The number of amides is 2. The van der Waals surface area contributed by atoms with E-state index in [0.29, 0.717) is 18.2 Å². The Hall–Kier alpha value is -1.75. The van der Waals surface area contributed by atoms with Crippen molar-refractivity contribution in [3.05, 3.63) is 29.8 Å². The molecule has 1 atom stereocenters. The number of likely N-dealkylation sites (tertiary alicyclic amines) is 1. The second-order valence-electron chi connectivity index (χ2n) is 5.70. The molecule has 1 aliphatic rings. The largest absolute Gasteiger partial charge is 0.491 e. The summed E-state index contributed by atoms with van der Waals surface area (Å²) < 4.78 is 5.48. The first-order valence-electron chi connectivity index (χ1n) is 8.09. The van der Waals surface area contributed by atoms with Gasteiger partial charge in [-0.3, -0.25) is 0 Å². The Morgan fingerprint density at radius 2 is 2.27 bits per heavy atom. The van der Waals surface area contributed by atoms with Gasteiger partial charge in [0.1, 0.15) is 12.4 Å². The van der Waals surface area contributed by atoms with Crippen molar-refractivity contribution in [3.8, 4) is 5.75 Å². The fourth-order valence-corrected chi connectivity index (χ4v) is 2.81. The van der Waals surface area contributed by atoms with Gasteiger partial charge < -0.3 is 20.1 Å². The molecule has 1 aromatic rings. The molecular formula is C17H26N2O3. The van der Waals surface area contributed by atoms with Gasteiger partial charge >= 0.3 is 6.03 Å². The van der Waals surface area contributed by atoms with Crippen LogP contribution in [0.5, 0.6) is 5.75 Å². The fraction of sp³-hybridized carbons (Fsp3) is 0.588. The Bertz CT molecular complexity index is 479. The van der Waals surface area contributed by atoms with Gasteiger partial charge in [0.15, 0.2) is 0 Å². The van der Waals surface area contributed by atoms with Crippen LogP contribution in [0.2, 0.25) is 0 Å². The molecule has 1 aliphatic heterocycles. The highest BCUT2D eigenvalue weighted by Gasteiger charge is 2.22. The van der Waals surface area contributed by atoms with E-state index in [-0.39, 0.29) is 19.2 Å². The third kappa shape index (κ3) is 4.63. The minimum Gasteiger partial charge on any atom is -0.491 e. The van der Waals surface area contributed by atoms with Crippen molar-refractivity contribution in [1.82, 2.24) is 10.2 Å². The van der Waals surface area contributed by atoms with Gasteiger partial charge in [-0.05, 0) is 24.8 Å². The summed E-state index contributed by atoms with van der Waals surface area (Å²) in [6.45, 7) is 4.55. The van der Waals surface area contributed by atoms with E-state index < -0.39 is 0 Å². The van der Waals surface area contributed by atoms with Crippen LogP contribution in [-0.2, 0) is 6.54 Å². The molecule has 0 saturated carbocycles. The van der Waals surface area contributed by atoms with Crippen molar-refractivity contribution in [3.63, 3.8) is 0 Å². The van der Waals surface area contributed by atoms with Crippen molar-refractivity contribution in [1.29, 1.82) is 0 Å². The van der Waals surface area contributed by atoms with E-state index >= 15 is 0 Å². The number of benzene rings is 1. The molecule has 0 aromatic heterocycles. The number of para-hydroxylation sites is 1. The number of piperidine rings is 1. The van der Waals surface area contributed by atoms with Crippen LogP contribution in [0.3, 0.4) is 0 Å². The Morgan fingerprint density at radius 1 is 1.45 bits per heavy atom. The SMILES string of the molecule is CCC1CCCN(C(=O)NCc2ccccc2OCCO)C1. The van der Waals surface area contributed by atoms with Gasteiger partial charge in [0.25, 0.3) is 0 Å². The quantitative estimate of drug-likeness (QED) is 0.848. The number of carbonyl (C=O) groups is 1. The molecule has 0 spiro atoms. The smallest absolute Gasteiger partial charge is 0.317 e. The van der Waals surface area contributed by atoms with Crippen LogP contribution in [-0.4, -0.2) is 42.3 Å². The Kier molecular flexibility index (Phi) is 6.52. The first-order valence-corrected chi connectivity index (χ1v) is 8.09. The highest BCUT2D eigenvalue weighted by atomic mass is 16.5. The zero-order valence-corrected chi connectivity index (χ0v) is 13.3. The van der Waals surface area contributed by atoms with E-state index in [1.165, 1.54) is 6.42 Å². The van der Waals surface area contributed by atoms with Gasteiger partial charge in [-0.2, -0.15) is 0 Å². The van der Waals surface area contributed by atoms with E-state index in [1.54, 1.807) is 0 Å². The maximum absolute atomic E-state index is 12.3. The number of aliphatic hydroxyl groups excluding tert-OH is 1. The van der Waals surface area contributed by atoms with Crippen LogP contribution in [0, 0.1) is 5.92 Å². The molecule has 122 valence electrons. The molecule has 0 radical (unpaired) electrons. The Morgan fingerprint density at radius 3 is 3.05 bits per heavy atom. The van der Waals surface area contributed by atoms with Crippen molar-refractivity contribution < 1.29 is 14.6 Å². The second kappa shape index (κ2) is 8.63. The topological polar surface area (TPSA) is 61.8 Å². The molecule has 2 rings (SSSR count). The maximum atomic E-state index is 12.3. The molecule has 1 unspecified atom stereocenters. The van der Waals surface area contributed by atoms with Gasteiger partial charge in [-0.15, -0.1) is 0 Å². The summed E-state index contributed by atoms with van der Waals surface area (Å²) in [6, 6.07) is 7.58. The molecule has 1 heterocycles. The third-order valence-corrected chi connectivity index (χ3v) is 4.14. The lowest BCUT2D eigenvalue weighted by Crippen LogP contribution is -2.45. The van der Waals surface area contributed by atoms with Crippen LogP contribution in [0.4, 0.5) is 4.79 Å². The molecule has 2 N–H and O–H groups in total. The average Bonchev–Trinajstić information content (AvgIpc) is 2.58. The molecule has 1 aromatic carbocycles. The van der Waals surface area contributed by atoms with Crippen LogP contribution >= 0.6 is 0 Å². The number of carbonyl (C=O) groups excluding carboxylic acids is 1. The standard InChI is InChI=1S/C17H26N2O3/c1-2-14-6-5-9-19(13-14)17(21)18-12-15-7-3-4-8-16(15)22-11-10-20/h3-4,7-8,14,20H,2,5-6,9-13H2,1H3,(H,18,21). The van der Waals surface area contributed by atoms with E-state index in [4.69, 9.17) is 9.84 Å². The first kappa shape index (κ1) is 16.6. The highest BCUT2D eigenvalue weighted by molar-refractivity contribution is 5.74. The second-order valence-corrected chi connectivity index (χ2v) is 5.70. The number of ether oxygens (including phenoxy) is 1. The molecule has 1 fully saturated rings. The van der Waals surface area contributed by atoms with Crippen molar-refractivity contribution in [2.24, 2.45) is 5.92 Å². The van der Waals surface area contributed by atoms with Gasteiger partial charge in [-0.1, -0.05) is 31.5 Å². The van der Waals surface area contributed by atoms with Crippen molar-refractivity contribution >= 4 is 6.03 Å². The predicted octanol–water partition coefficient (Wildman–Crippen LogP) is 2.39. The summed E-state index contributed by atoms with van der Waals surface area (Å²) in [7, 11) is 0. The van der Waals surface area contributed by atoms with Gasteiger partial charge in [0, 0.05) is 25.2 Å². The van der Waals surface area contributed by atoms with Crippen molar-refractivity contribution in [2.45, 2.75) is 32.7 Å². The third-order valence-electron chi connectivity index (χ3n) is 4.14. The lowest BCUT2D eigenvalue weighted by atomic mass is 9.96. The van der Waals surface area contributed by atoms with Crippen molar-refractivity contribution in [2.75, 3.05) is 26.3 Å². The predicted molar refractivity (Wildman–Crippen MR) is 85.8 cm³/mol. The Balaban J connectivity index is 1.88. The van der Waals surface area contributed by atoms with Gasteiger partial charge in [0.2, 0.25) is 0 Å². The van der Waals surface area contributed by atoms with Crippen LogP contribution in [0.15, 0.2) is 24.3 Å². The fourth-order valence-electron chi connectivity index (χ4n) is 2.81. The van der Waals surface area contributed by atoms with E-state index in [9.17, 15) is 4.79 Å². The molecule has 5 heteroatoms. The zero-order valence-electron chi connectivity index (χ0n) is 13.3. The molecular weight excluding hydrogens is 280 g/mol. The van der Waals surface area contributed by atoms with Gasteiger partial charge in [0.05, 0.1) is 6.61 Å². The van der Waals surface area contributed by atoms with Crippen LogP contribution in [0.1, 0.15) is 31.7 Å². The number of hydrogen-bond donors (Lipinski definition) is 2. The maximum Gasteiger partial charge on any atom is 0.317 e. The van der Waals surface area contributed by atoms with Gasteiger partial charge in [-0.25, -0.2) is 4.79 Å². The number of aliphatic hydroxyl groups is 1. The molecule has 0 aliphatic carbocycles. The minimum absolute atomic E-state index is 0.00453. The van der Waals surface area contributed by atoms with Crippen LogP contribution < -0.4 is 10.1 Å². The van der Waals surface area contributed by atoms with E-state index in [2.05, 4.69) is 12.2 Å². The van der Waals surface area contributed by atoms with E-state index in [0.717, 1.165) is 31.5 Å². The van der Waals surface area contributed by atoms with E-state index in [1.807, 2.05) is 29.2 Å².